The van der Waals surface area contributed by atoms with Crippen LogP contribution in [0.15, 0.2) is 0 Å². The van der Waals surface area contributed by atoms with Gasteiger partial charge in [-0.3, -0.25) is 14.5 Å². The van der Waals surface area contributed by atoms with Gasteiger partial charge in [0.2, 0.25) is 0 Å². The fourth-order valence-electron chi connectivity index (χ4n) is 5.87. The highest BCUT2D eigenvalue weighted by Crippen LogP contribution is 2.59. The molecule has 0 aromatic carbocycles. The molecule has 5 fully saturated rings. The summed E-state index contributed by atoms with van der Waals surface area (Å²) in [4.78, 5) is 26.4. The summed E-state index contributed by atoms with van der Waals surface area (Å²) < 4.78 is 18.1. The Balaban J connectivity index is 1.48. The van der Waals surface area contributed by atoms with Gasteiger partial charge in [0.1, 0.15) is 6.10 Å². The SMILES string of the molecule is C[C@@H]1C[C@@]2(CC[C@@H]3CN4[C@H]([C@@H]5C[C@H](C)C(=O)O5)CC[C@@]42O3)OC1=O. The average molecular weight is 335 g/mol. The third kappa shape index (κ3) is 1.74. The minimum absolute atomic E-state index is 0.0206. The normalized spacial score (nSPS) is 53.5. The molecule has 0 radical (unpaired) electrons. The largest absolute Gasteiger partial charge is 0.460 e. The lowest BCUT2D eigenvalue weighted by molar-refractivity contribution is -0.246. The van der Waals surface area contributed by atoms with Gasteiger partial charge in [0.15, 0.2) is 11.3 Å². The molecule has 24 heavy (non-hydrogen) atoms. The van der Waals surface area contributed by atoms with Gasteiger partial charge in [-0.25, -0.2) is 0 Å². The van der Waals surface area contributed by atoms with Crippen molar-refractivity contribution in [1.29, 1.82) is 0 Å². The van der Waals surface area contributed by atoms with Crippen LogP contribution in [0.1, 0.15) is 52.4 Å². The molecule has 7 atom stereocenters. The lowest BCUT2D eigenvalue weighted by Crippen LogP contribution is -2.62. The summed E-state index contributed by atoms with van der Waals surface area (Å²) in [7, 11) is 0. The van der Waals surface area contributed by atoms with Crippen LogP contribution in [0, 0.1) is 11.8 Å². The van der Waals surface area contributed by atoms with E-state index in [-0.39, 0.29) is 42.0 Å². The maximum absolute atomic E-state index is 12.2. The predicted octanol–water partition coefficient (Wildman–Crippen LogP) is 1.61. The smallest absolute Gasteiger partial charge is 0.309 e. The topological polar surface area (TPSA) is 65.1 Å². The van der Waals surface area contributed by atoms with E-state index in [0.717, 1.165) is 45.1 Å². The van der Waals surface area contributed by atoms with Crippen molar-refractivity contribution < 1.29 is 23.8 Å². The Morgan fingerprint density at radius 3 is 2.58 bits per heavy atom. The number of cyclic esters (lactones) is 1. The molecule has 0 unspecified atom stereocenters. The highest BCUT2D eigenvalue weighted by Gasteiger charge is 2.72. The Labute approximate surface area is 141 Å². The zero-order chi connectivity index (χ0) is 16.7. The van der Waals surface area contributed by atoms with Crippen molar-refractivity contribution in [3.63, 3.8) is 0 Å². The van der Waals surface area contributed by atoms with Crippen molar-refractivity contribution in [2.45, 2.75) is 81.9 Å². The Bertz CT molecular complexity index is 608. The van der Waals surface area contributed by atoms with Crippen molar-refractivity contribution >= 4 is 11.9 Å². The summed E-state index contributed by atoms with van der Waals surface area (Å²) in [6.45, 7) is 4.75. The highest BCUT2D eigenvalue weighted by molar-refractivity contribution is 5.75. The summed E-state index contributed by atoms with van der Waals surface area (Å²) in [5, 5.41) is 0. The van der Waals surface area contributed by atoms with Gasteiger partial charge in [-0.2, -0.15) is 0 Å². The van der Waals surface area contributed by atoms with Gasteiger partial charge in [-0.1, -0.05) is 13.8 Å². The fraction of sp³-hybridized carbons (Fsp3) is 0.889. The Morgan fingerprint density at radius 2 is 1.92 bits per heavy atom. The van der Waals surface area contributed by atoms with Gasteiger partial charge in [0.25, 0.3) is 0 Å². The van der Waals surface area contributed by atoms with E-state index in [4.69, 9.17) is 14.2 Å². The molecule has 0 amide bonds. The molecule has 0 aliphatic carbocycles. The molecule has 0 N–H and O–H groups in total. The molecular formula is C18H25NO5. The number of hydrogen-bond acceptors (Lipinski definition) is 6. The van der Waals surface area contributed by atoms with Gasteiger partial charge in [-0.05, 0) is 32.1 Å². The first-order chi connectivity index (χ1) is 11.4. The van der Waals surface area contributed by atoms with Crippen LogP contribution in [-0.4, -0.2) is 53.0 Å². The van der Waals surface area contributed by atoms with E-state index in [2.05, 4.69) is 4.90 Å². The van der Waals surface area contributed by atoms with Crippen LogP contribution in [0.25, 0.3) is 0 Å². The molecule has 5 heterocycles. The average Bonchev–Trinajstić information content (AvgIpc) is 3.20. The molecule has 6 nitrogen and oxygen atoms in total. The third-order valence-electron chi connectivity index (χ3n) is 7.01. The molecule has 5 rings (SSSR count). The highest BCUT2D eigenvalue weighted by atomic mass is 16.6. The first-order valence-corrected chi connectivity index (χ1v) is 9.32. The van der Waals surface area contributed by atoms with Crippen molar-refractivity contribution in [3.05, 3.63) is 0 Å². The van der Waals surface area contributed by atoms with Crippen LogP contribution in [-0.2, 0) is 23.8 Å². The maximum Gasteiger partial charge on any atom is 0.309 e. The number of carbonyl (C=O) groups excluding carboxylic acids is 2. The maximum atomic E-state index is 12.2. The minimum atomic E-state index is -0.514. The first-order valence-electron chi connectivity index (χ1n) is 9.32. The molecular weight excluding hydrogens is 310 g/mol. The van der Waals surface area contributed by atoms with Crippen LogP contribution in [0.2, 0.25) is 0 Å². The number of fused-ring (bicyclic) bond motifs is 1. The van der Waals surface area contributed by atoms with Gasteiger partial charge >= 0.3 is 11.9 Å². The first kappa shape index (κ1) is 15.1. The Hall–Kier alpha value is -1.14. The molecule has 0 saturated carbocycles. The van der Waals surface area contributed by atoms with Gasteiger partial charge in [0, 0.05) is 19.0 Å². The summed E-state index contributed by atoms with van der Waals surface area (Å²) in [6, 6.07) is 0.188. The number of hydrogen-bond donors (Lipinski definition) is 0. The summed E-state index contributed by atoms with van der Waals surface area (Å²) in [5.41, 5.74) is -1.02. The van der Waals surface area contributed by atoms with Gasteiger partial charge in [0.05, 0.1) is 17.9 Å². The second-order valence-electron chi connectivity index (χ2n) is 8.45. The van der Waals surface area contributed by atoms with Gasteiger partial charge in [-0.15, -0.1) is 0 Å². The zero-order valence-corrected chi connectivity index (χ0v) is 14.3. The van der Waals surface area contributed by atoms with Crippen LogP contribution in [0.5, 0.6) is 0 Å². The molecule has 2 bridgehead atoms. The molecule has 5 aliphatic rings. The molecule has 6 heteroatoms. The van der Waals surface area contributed by atoms with Crippen LogP contribution in [0.3, 0.4) is 0 Å². The quantitative estimate of drug-likeness (QED) is 0.679. The second-order valence-corrected chi connectivity index (χ2v) is 8.45. The standard InChI is InChI=1S/C18H25NO5/c1-10-7-14(22-15(10)20)13-4-6-18-17(8-11(2)16(21)24-17)5-3-12(23-18)9-19(13)18/h10-14H,3-9H2,1-2H3/t10-,11+,12+,13-,14-,17+,18-/m0/s1. The van der Waals surface area contributed by atoms with Crippen molar-refractivity contribution in [1.82, 2.24) is 4.90 Å². The molecule has 0 aromatic heterocycles. The number of esters is 2. The van der Waals surface area contributed by atoms with Crippen molar-refractivity contribution in [2.24, 2.45) is 11.8 Å². The number of rotatable bonds is 1. The van der Waals surface area contributed by atoms with E-state index in [1.54, 1.807) is 0 Å². The van der Waals surface area contributed by atoms with Crippen molar-refractivity contribution in [2.75, 3.05) is 6.54 Å². The lowest BCUT2D eigenvalue weighted by atomic mass is 9.78. The van der Waals surface area contributed by atoms with Crippen LogP contribution >= 0.6 is 0 Å². The zero-order valence-electron chi connectivity index (χ0n) is 14.3. The van der Waals surface area contributed by atoms with Crippen LogP contribution in [0.4, 0.5) is 0 Å². The molecule has 2 spiro atoms. The Kier molecular flexibility index (Phi) is 2.98. The molecule has 5 aliphatic heterocycles. The van der Waals surface area contributed by atoms with E-state index in [1.807, 2.05) is 13.8 Å². The summed E-state index contributed by atoms with van der Waals surface area (Å²) in [5.74, 6) is -0.264. The molecule has 0 aromatic rings. The Morgan fingerprint density at radius 1 is 1.08 bits per heavy atom. The number of ether oxygens (including phenoxy) is 3. The van der Waals surface area contributed by atoms with E-state index >= 15 is 0 Å². The van der Waals surface area contributed by atoms with E-state index in [9.17, 15) is 9.59 Å². The number of nitrogens with zero attached hydrogens (tertiary/aromatic N) is 1. The molecule has 132 valence electrons. The summed E-state index contributed by atoms with van der Waals surface area (Å²) >= 11 is 0. The van der Waals surface area contributed by atoms with Crippen LogP contribution < -0.4 is 0 Å². The minimum Gasteiger partial charge on any atom is -0.460 e. The lowest BCUT2D eigenvalue weighted by Gasteiger charge is -2.48. The van der Waals surface area contributed by atoms with Crippen molar-refractivity contribution in [3.8, 4) is 0 Å². The molecule has 5 saturated heterocycles. The predicted molar refractivity (Wildman–Crippen MR) is 82.8 cm³/mol. The van der Waals surface area contributed by atoms with E-state index in [0.29, 0.717) is 0 Å². The summed E-state index contributed by atoms with van der Waals surface area (Å²) in [6.07, 6.45) is 5.29. The van der Waals surface area contributed by atoms with Gasteiger partial charge < -0.3 is 14.2 Å². The van der Waals surface area contributed by atoms with E-state index in [1.165, 1.54) is 0 Å². The fourth-order valence-corrected chi connectivity index (χ4v) is 5.87. The van der Waals surface area contributed by atoms with E-state index < -0.39 is 11.3 Å². The second kappa shape index (κ2) is 4.73. The third-order valence-corrected chi connectivity index (χ3v) is 7.01. The monoisotopic (exact) mass is 335 g/mol. The number of carbonyl (C=O) groups is 2.